The van der Waals surface area contributed by atoms with Gasteiger partial charge in [0.2, 0.25) is 5.95 Å². The van der Waals surface area contributed by atoms with Crippen LogP contribution in [0.25, 0.3) is 22.5 Å². The molecule has 2 heterocycles. The molecular formula is C18H19N5O2. The van der Waals surface area contributed by atoms with E-state index in [2.05, 4.69) is 15.1 Å². The number of methoxy groups -OCH3 is 1. The van der Waals surface area contributed by atoms with Gasteiger partial charge in [0.05, 0.1) is 24.5 Å². The maximum atomic E-state index is 12.0. The standard InChI is InChI=1S/C18H19N5O2/c1-11(2)23-16(24)9-8-15(22-23)14-10-20-18(19)21-17(14)12-4-6-13(25-3)7-5-12/h4-11H,1-3H3,(H2,19,20,21). The van der Waals surface area contributed by atoms with Gasteiger partial charge in [-0.25, -0.2) is 14.6 Å². The van der Waals surface area contributed by atoms with Crippen LogP contribution in [0.4, 0.5) is 5.95 Å². The van der Waals surface area contributed by atoms with Crippen molar-refractivity contribution in [3.63, 3.8) is 0 Å². The van der Waals surface area contributed by atoms with Crippen LogP contribution >= 0.6 is 0 Å². The molecule has 0 radical (unpaired) electrons. The number of anilines is 1. The van der Waals surface area contributed by atoms with Crippen molar-refractivity contribution in [3.05, 3.63) is 52.9 Å². The lowest BCUT2D eigenvalue weighted by Crippen LogP contribution is -2.24. The fourth-order valence-corrected chi connectivity index (χ4v) is 2.49. The Morgan fingerprint density at radius 2 is 1.84 bits per heavy atom. The highest BCUT2D eigenvalue weighted by Gasteiger charge is 2.14. The van der Waals surface area contributed by atoms with Crippen LogP contribution in [0.1, 0.15) is 19.9 Å². The SMILES string of the molecule is COc1ccc(-c2nc(N)ncc2-c2ccc(=O)n(C(C)C)n2)cc1. The molecule has 3 rings (SSSR count). The van der Waals surface area contributed by atoms with Gasteiger partial charge in [0.15, 0.2) is 0 Å². The van der Waals surface area contributed by atoms with Crippen molar-refractivity contribution >= 4 is 5.95 Å². The van der Waals surface area contributed by atoms with E-state index >= 15 is 0 Å². The number of hydrogen-bond donors (Lipinski definition) is 1. The van der Waals surface area contributed by atoms with Crippen LogP contribution in [0.3, 0.4) is 0 Å². The fourth-order valence-electron chi connectivity index (χ4n) is 2.49. The molecule has 25 heavy (non-hydrogen) atoms. The normalized spacial score (nSPS) is 10.9. The van der Waals surface area contributed by atoms with Gasteiger partial charge in [-0.15, -0.1) is 0 Å². The van der Waals surface area contributed by atoms with E-state index in [1.54, 1.807) is 19.4 Å². The molecule has 0 aliphatic heterocycles. The maximum Gasteiger partial charge on any atom is 0.267 e. The summed E-state index contributed by atoms with van der Waals surface area (Å²) >= 11 is 0. The second-order valence-electron chi connectivity index (χ2n) is 5.81. The van der Waals surface area contributed by atoms with E-state index in [9.17, 15) is 4.79 Å². The molecule has 0 fully saturated rings. The van der Waals surface area contributed by atoms with Crippen LogP contribution in [-0.2, 0) is 0 Å². The summed E-state index contributed by atoms with van der Waals surface area (Å²) in [7, 11) is 1.61. The summed E-state index contributed by atoms with van der Waals surface area (Å²) in [5.41, 5.74) is 8.44. The summed E-state index contributed by atoms with van der Waals surface area (Å²) in [6, 6.07) is 10.6. The Bertz CT molecular complexity index is 948. The van der Waals surface area contributed by atoms with Gasteiger partial charge in [-0.3, -0.25) is 4.79 Å². The first-order valence-corrected chi connectivity index (χ1v) is 7.87. The summed E-state index contributed by atoms with van der Waals surface area (Å²) in [5, 5.41) is 4.45. The van der Waals surface area contributed by atoms with Crippen LogP contribution in [0.2, 0.25) is 0 Å². The lowest BCUT2D eigenvalue weighted by molar-refractivity contribution is 0.415. The van der Waals surface area contributed by atoms with Crippen LogP contribution in [0.5, 0.6) is 5.75 Å². The zero-order chi connectivity index (χ0) is 18.0. The van der Waals surface area contributed by atoms with Crippen molar-refractivity contribution < 1.29 is 4.74 Å². The summed E-state index contributed by atoms with van der Waals surface area (Å²) in [6.45, 7) is 3.81. The molecule has 0 aliphatic rings. The maximum absolute atomic E-state index is 12.0. The number of rotatable bonds is 4. The average Bonchev–Trinajstić information content (AvgIpc) is 2.62. The predicted octanol–water partition coefficient (Wildman–Crippen LogP) is 2.54. The van der Waals surface area contributed by atoms with Crippen molar-refractivity contribution in [2.45, 2.75) is 19.9 Å². The lowest BCUT2D eigenvalue weighted by Gasteiger charge is -2.12. The number of aromatic nitrogens is 4. The van der Waals surface area contributed by atoms with Gasteiger partial charge in [0.1, 0.15) is 5.75 Å². The third-order valence-electron chi connectivity index (χ3n) is 3.76. The van der Waals surface area contributed by atoms with Gasteiger partial charge in [0.25, 0.3) is 5.56 Å². The monoisotopic (exact) mass is 337 g/mol. The minimum Gasteiger partial charge on any atom is -0.497 e. The number of nitrogens with two attached hydrogens (primary N) is 1. The number of nitrogens with zero attached hydrogens (tertiary/aromatic N) is 4. The summed E-state index contributed by atoms with van der Waals surface area (Å²) in [4.78, 5) is 20.4. The molecule has 3 aromatic rings. The Balaban J connectivity index is 2.17. The third kappa shape index (κ3) is 3.35. The van der Waals surface area contributed by atoms with E-state index in [1.807, 2.05) is 38.1 Å². The van der Waals surface area contributed by atoms with Crippen molar-refractivity contribution in [2.24, 2.45) is 0 Å². The molecule has 0 saturated carbocycles. The van der Waals surface area contributed by atoms with Gasteiger partial charge in [-0.2, -0.15) is 5.10 Å². The molecule has 0 spiro atoms. The molecule has 0 atom stereocenters. The molecular weight excluding hydrogens is 318 g/mol. The van der Waals surface area contributed by atoms with Crippen LogP contribution in [0, 0.1) is 0 Å². The minimum absolute atomic E-state index is 0.0495. The topological polar surface area (TPSA) is 95.9 Å². The van der Waals surface area contributed by atoms with Gasteiger partial charge >= 0.3 is 0 Å². The number of nitrogen functional groups attached to an aromatic ring is 1. The van der Waals surface area contributed by atoms with Crippen molar-refractivity contribution in [3.8, 4) is 28.3 Å². The number of benzene rings is 1. The molecule has 0 bridgehead atoms. The Kier molecular flexibility index (Phi) is 4.47. The van der Waals surface area contributed by atoms with Gasteiger partial charge < -0.3 is 10.5 Å². The molecule has 0 amide bonds. The number of hydrogen-bond acceptors (Lipinski definition) is 6. The van der Waals surface area contributed by atoms with Crippen molar-refractivity contribution in [1.82, 2.24) is 19.7 Å². The predicted molar refractivity (Wildman–Crippen MR) is 96.3 cm³/mol. The summed E-state index contributed by atoms with van der Waals surface area (Å²) < 4.78 is 6.63. The largest absolute Gasteiger partial charge is 0.497 e. The molecule has 2 aromatic heterocycles. The Hall–Kier alpha value is -3.22. The average molecular weight is 337 g/mol. The molecule has 7 nitrogen and oxygen atoms in total. The first-order valence-electron chi connectivity index (χ1n) is 7.87. The fraction of sp³-hybridized carbons (Fsp3) is 0.222. The Morgan fingerprint density at radius 3 is 2.48 bits per heavy atom. The zero-order valence-electron chi connectivity index (χ0n) is 14.3. The second-order valence-corrected chi connectivity index (χ2v) is 5.81. The van der Waals surface area contributed by atoms with Crippen LogP contribution < -0.4 is 16.0 Å². The quantitative estimate of drug-likeness (QED) is 0.786. The van der Waals surface area contributed by atoms with Crippen molar-refractivity contribution in [2.75, 3.05) is 12.8 Å². The van der Waals surface area contributed by atoms with E-state index in [-0.39, 0.29) is 17.5 Å². The van der Waals surface area contributed by atoms with E-state index in [1.165, 1.54) is 10.7 Å². The minimum atomic E-state index is -0.152. The van der Waals surface area contributed by atoms with Gasteiger partial charge in [-0.05, 0) is 44.2 Å². The summed E-state index contributed by atoms with van der Waals surface area (Å²) in [6.07, 6.45) is 1.62. The summed E-state index contributed by atoms with van der Waals surface area (Å²) in [5.74, 6) is 0.922. The molecule has 128 valence electrons. The highest BCUT2D eigenvalue weighted by atomic mass is 16.5. The number of ether oxygens (including phenoxy) is 1. The van der Waals surface area contributed by atoms with Gasteiger partial charge in [0, 0.05) is 23.4 Å². The highest BCUT2D eigenvalue weighted by Crippen LogP contribution is 2.30. The molecule has 0 unspecified atom stereocenters. The lowest BCUT2D eigenvalue weighted by atomic mass is 10.0. The van der Waals surface area contributed by atoms with Crippen molar-refractivity contribution in [1.29, 1.82) is 0 Å². The molecule has 2 N–H and O–H groups in total. The zero-order valence-corrected chi connectivity index (χ0v) is 14.3. The van der Waals surface area contributed by atoms with Crippen LogP contribution in [0.15, 0.2) is 47.4 Å². The van der Waals surface area contributed by atoms with E-state index in [0.29, 0.717) is 17.0 Å². The second kappa shape index (κ2) is 6.72. The first kappa shape index (κ1) is 16.6. The van der Waals surface area contributed by atoms with E-state index < -0.39 is 0 Å². The Morgan fingerprint density at radius 1 is 1.12 bits per heavy atom. The third-order valence-corrected chi connectivity index (χ3v) is 3.76. The molecule has 0 aliphatic carbocycles. The molecule has 1 aromatic carbocycles. The molecule has 0 saturated heterocycles. The van der Waals surface area contributed by atoms with Gasteiger partial charge in [-0.1, -0.05) is 0 Å². The van der Waals surface area contributed by atoms with Crippen LogP contribution in [-0.4, -0.2) is 26.9 Å². The van der Waals surface area contributed by atoms with E-state index in [0.717, 1.165) is 11.3 Å². The first-order chi connectivity index (χ1) is 12.0. The smallest absolute Gasteiger partial charge is 0.267 e. The Labute approximate surface area is 145 Å². The van der Waals surface area contributed by atoms with E-state index in [4.69, 9.17) is 10.5 Å². The molecule has 7 heteroatoms. The highest BCUT2D eigenvalue weighted by molar-refractivity contribution is 5.79.